The molecular weight excluding hydrogens is 176 g/mol. The van der Waals surface area contributed by atoms with Crippen molar-refractivity contribution in [2.75, 3.05) is 13.1 Å². The third kappa shape index (κ3) is 2.03. The molecule has 0 N–H and O–H groups in total. The van der Waals surface area contributed by atoms with E-state index in [0.29, 0.717) is 0 Å². The SMILES string of the molecule is N#CC(C#N)=C(C#N)N1CCCCC1. The lowest BCUT2D eigenvalue weighted by atomic mass is 10.1. The van der Waals surface area contributed by atoms with Gasteiger partial charge < -0.3 is 4.90 Å². The first kappa shape index (κ1) is 10.1. The first-order valence-electron chi connectivity index (χ1n) is 4.53. The van der Waals surface area contributed by atoms with E-state index in [-0.39, 0.29) is 11.3 Å². The van der Waals surface area contributed by atoms with Crippen LogP contribution in [-0.2, 0) is 0 Å². The van der Waals surface area contributed by atoms with E-state index >= 15 is 0 Å². The third-order valence-corrected chi connectivity index (χ3v) is 2.24. The van der Waals surface area contributed by atoms with Crippen LogP contribution >= 0.6 is 0 Å². The summed E-state index contributed by atoms with van der Waals surface area (Å²) in [4.78, 5) is 1.82. The molecule has 0 amide bonds. The van der Waals surface area contributed by atoms with Gasteiger partial charge in [0, 0.05) is 13.1 Å². The highest BCUT2D eigenvalue weighted by molar-refractivity contribution is 5.45. The van der Waals surface area contributed by atoms with E-state index in [4.69, 9.17) is 15.8 Å². The predicted octanol–water partition coefficient (Wildman–Crippen LogP) is 1.30. The van der Waals surface area contributed by atoms with Crippen LogP contribution in [0.2, 0.25) is 0 Å². The maximum absolute atomic E-state index is 8.86. The number of nitriles is 3. The molecule has 1 heterocycles. The van der Waals surface area contributed by atoms with Crippen LogP contribution in [0.4, 0.5) is 0 Å². The molecule has 0 radical (unpaired) electrons. The Labute approximate surface area is 83.3 Å². The standard InChI is InChI=1S/C10H10N4/c11-6-9(7-12)10(8-13)14-4-2-1-3-5-14/h1-5H2. The van der Waals surface area contributed by atoms with Gasteiger partial charge in [0.15, 0.2) is 5.57 Å². The summed E-state index contributed by atoms with van der Waals surface area (Å²) in [6, 6.07) is 5.44. The van der Waals surface area contributed by atoms with Gasteiger partial charge in [0.05, 0.1) is 0 Å². The molecule has 0 aliphatic carbocycles. The van der Waals surface area contributed by atoms with Crippen LogP contribution in [0.15, 0.2) is 11.3 Å². The molecule has 4 nitrogen and oxygen atoms in total. The van der Waals surface area contributed by atoms with E-state index < -0.39 is 0 Å². The Kier molecular flexibility index (Phi) is 3.53. The number of likely N-dealkylation sites (tertiary alicyclic amines) is 1. The summed E-state index contributed by atoms with van der Waals surface area (Å²) in [6.07, 6.45) is 3.20. The second kappa shape index (κ2) is 4.90. The maximum Gasteiger partial charge on any atom is 0.163 e. The Morgan fingerprint density at radius 3 is 1.86 bits per heavy atom. The Morgan fingerprint density at radius 2 is 1.43 bits per heavy atom. The molecular formula is C10H10N4. The van der Waals surface area contributed by atoms with E-state index in [1.165, 1.54) is 0 Å². The van der Waals surface area contributed by atoms with Crippen LogP contribution in [0.25, 0.3) is 0 Å². The van der Waals surface area contributed by atoms with Crippen LogP contribution in [0.5, 0.6) is 0 Å². The van der Waals surface area contributed by atoms with Crippen molar-refractivity contribution in [1.29, 1.82) is 15.8 Å². The smallest absolute Gasteiger partial charge is 0.163 e. The van der Waals surface area contributed by atoms with Crippen LogP contribution in [0.1, 0.15) is 19.3 Å². The fraction of sp³-hybridized carbons (Fsp3) is 0.500. The lowest BCUT2D eigenvalue weighted by Gasteiger charge is -2.27. The van der Waals surface area contributed by atoms with Crippen molar-refractivity contribution < 1.29 is 0 Å². The minimum Gasteiger partial charge on any atom is -0.361 e. The van der Waals surface area contributed by atoms with Gasteiger partial charge in [-0.3, -0.25) is 0 Å². The monoisotopic (exact) mass is 186 g/mol. The molecule has 1 saturated heterocycles. The summed E-state index contributed by atoms with van der Waals surface area (Å²) in [5.74, 6) is 0. The van der Waals surface area contributed by atoms with Gasteiger partial charge in [-0.25, -0.2) is 0 Å². The third-order valence-electron chi connectivity index (χ3n) is 2.24. The molecule has 0 saturated carbocycles. The number of nitrogens with zero attached hydrogens (tertiary/aromatic N) is 4. The predicted molar refractivity (Wildman–Crippen MR) is 49.3 cm³/mol. The normalized spacial score (nSPS) is 14.8. The van der Waals surface area contributed by atoms with E-state index in [0.717, 1.165) is 32.4 Å². The lowest BCUT2D eigenvalue weighted by Crippen LogP contribution is -2.29. The molecule has 0 aromatic heterocycles. The van der Waals surface area contributed by atoms with Crippen LogP contribution in [0, 0.1) is 34.0 Å². The molecule has 0 spiro atoms. The Morgan fingerprint density at radius 1 is 0.857 bits per heavy atom. The fourth-order valence-corrected chi connectivity index (χ4v) is 1.53. The summed E-state index contributed by atoms with van der Waals surface area (Å²) < 4.78 is 0. The molecule has 1 aliphatic heterocycles. The summed E-state index contributed by atoms with van der Waals surface area (Å²) >= 11 is 0. The summed E-state index contributed by atoms with van der Waals surface area (Å²) in [5.41, 5.74) is 0.157. The molecule has 70 valence electrons. The van der Waals surface area contributed by atoms with Gasteiger partial charge in [0.2, 0.25) is 0 Å². The van der Waals surface area contributed by atoms with E-state index in [2.05, 4.69) is 0 Å². The van der Waals surface area contributed by atoms with Crippen molar-refractivity contribution in [3.63, 3.8) is 0 Å². The van der Waals surface area contributed by atoms with Crippen molar-refractivity contribution >= 4 is 0 Å². The van der Waals surface area contributed by atoms with Gasteiger partial charge in [-0.05, 0) is 19.3 Å². The second-order valence-electron chi connectivity index (χ2n) is 3.11. The van der Waals surface area contributed by atoms with Gasteiger partial charge in [-0.1, -0.05) is 0 Å². The van der Waals surface area contributed by atoms with Crippen molar-refractivity contribution in [2.45, 2.75) is 19.3 Å². The molecule has 4 heteroatoms. The second-order valence-corrected chi connectivity index (χ2v) is 3.11. The van der Waals surface area contributed by atoms with Gasteiger partial charge in [0.1, 0.15) is 23.9 Å². The van der Waals surface area contributed by atoms with Crippen molar-refractivity contribution in [3.05, 3.63) is 11.3 Å². The van der Waals surface area contributed by atoms with E-state index in [1.54, 1.807) is 12.1 Å². The Bertz CT molecular complexity index is 339. The molecule has 0 aromatic rings. The van der Waals surface area contributed by atoms with Gasteiger partial charge in [-0.2, -0.15) is 15.8 Å². The summed E-state index contributed by atoms with van der Waals surface area (Å²) in [7, 11) is 0. The quantitative estimate of drug-likeness (QED) is 0.578. The first-order valence-corrected chi connectivity index (χ1v) is 4.53. The average Bonchev–Trinajstić information content (AvgIpc) is 2.27. The Hall–Kier alpha value is -1.99. The highest BCUT2D eigenvalue weighted by Crippen LogP contribution is 2.16. The topological polar surface area (TPSA) is 74.6 Å². The maximum atomic E-state index is 8.86. The number of hydrogen-bond acceptors (Lipinski definition) is 4. The average molecular weight is 186 g/mol. The van der Waals surface area contributed by atoms with Crippen LogP contribution in [0.3, 0.4) is 0 Å². The summed E-state index contributed by atoms with van der Waals surface area (Å²) in [6.45, 7) is 1.55. The zero-order valence-corrected chi connectivity index (χ0v) is 7.82. The van der Waals surface area contributed by atoms with Gasteiger partial charge in [0.25, 0.3) is 0 Å². The van der Waals surface area contributed by atoms with Crippen LogP contribution in [-0.4, -0.2) is 18.0 Å². The van der Waals surface area contributed by atoms with Gasteiger partial charge in [-0.15, -0.1) is 0 Å². The van der Waals surface area contributed by atoms with Crippen molar-refractivity contribution in [1.82, 2.24) is 4.90 Å². The van der Waals surface area contributed by atoms with Crippen molar-refractivity contribution in [2.24, 2.45) is 0 Å². The highest BCUT2D eigenvalue weighted by atomic mass is 15.1. The fourth-order valence-electron chi connectivity index (χ4n) is 1.53. The number of rotatable bonds is 1. The molecule has 0 bridgehead atoms. The zero-order valence-electron chi connectivity index (χ0n) is 7.82. The van der Waals surface area contributed by atoms with Crippen molar-refractivity contribution in [3.8, 4) is 18.2 Å². The molecule has 0 aromatic carbocycles. The number of piperidine rings is 1. The Balaban J connectivity index is 2.93. The molecule has 0 unspecified atom stereocenters. The molecule has 14 heavy (non-hydrogen) atoms. The first-order chi connectivity index (χ1) is 6.83. The van der Waals surface area contributed by atoms with E-state index in [1.807, 2.05) is 11.0 Å². The lowest BCUT2D eigenvalue weighted by molar-refractivity contribution is 0.294. The minimum atomic E-state index is -0.0746. The molecule has 0 atom stereocenters. The number of allylic oxidation sites excluding steroid dienone is 2. The molecule has 1 rings (SSSR count). The highest BCUT2D eigenvalue weighted by Gasteiger charge is 2.16. The van der Waals surface area contributed by atoms with E-state index in [9.17, 15) is 0 Å². The number of hydrogen-bond donors (Lipinski definition) is 0. The summed E-state index contributed by atoms with van der Waals surface area (Å²) in [5, 5.41) is 26.2. The van der Waals surface area contributed by atoms with Crippen LogP contribution < -0.4 is 0 Å². The minimum absolute atomic E-state index is 0.0746. The molecule has 1 aliphatic rings. The largest absolute Gasteiger partial charge is 0.361 e. The molecule has 1 fully saturated rings. The van der Waals surface area contributed by atoms with Gasteiger partial charge >= 0.3 is 0 Å². The zero-order chi connectivity index (χ0) is 10.4.